The van der Waals surface area contributed by atoms with Crippen LogP contribution in [-0.4, -0.2) is 27.0 Å². The zero-order chi connectivity index (χ0) is 14.9. The number of carboxylic acid groups (broad SMARTS) is 1. The summed E-state index contributed by atoms with van der Waals surface area (Å²) >= 11 is 3.28. The number of carboxylic acids is 1. The van der Waals surface area contributed by atoms with E-state index in [1.807, 2.05) is 0 Å². The molecule has 104 valence electrons. The van der Waals surface area contributed by atoms with E-state index in [0.717, 1.165) is 0 Å². The molecule has 0 aromatic carbocycles. The lowest BCUT2D eigenvalue weighted by Gasteiger charge is -2.06. The van der Waals surface area contributed by atoms with Gasteiger partial charge in [0.1, 0.15) is 11.5 Å². The third-order valence-electron chi connectivity index (χ3n) is 2.87. The summed E-state index contributed by atoms with van der Waals surface area (Å²) in [5.41, 5.74) is 1.25. The Bertz CT molecular complexity index is 694. The molecule has 7 heteroatoms. The second kappa shape index (κ2) is 5.46. The number of pyridine rings is 1. The Hall–Kier alpha value is -2.15. The van der Waals surface area contributed by atoms with E-state index in [4.69, 9.17) is 5.11 Å². The molecule has 20 heavy (non-hydrogen) atoms. The molecule has 0 aliphatic carbocycles. The molecule has 0 saturated carbocycles. The average Bonchev–Trinajstić information content (AvgIpc) is 2.68. The zero-order valence-corrected chi connectivity index (χ0v) is 12.4. The summed E-state index contributed by atoms with van der Waals surface area (Å²) in [5.74, 6) is -1.11. The predicted molar refractivity (Wildman–Crippen MR) is 77.1 cm³/mol. The number of aromatic nitrogens is 2. The molecule has 0 saturated heterocycles. The second-order valence-electron chi connectivity index (χ2n) is 4.22. The molecule has 2 heterocycles. The maximum atomic E-state index is 12.3. The standard InChI is InChI=1S/C13H12BrN3O3/c1-6-9(7(2)16-10(6)13(19)20)12(18)17-11-8(14)4-3-5-15-11/h3-5,16H,1-2H3,(H,19,20)(H,15,17,18). The summed E-state index contributed by atoms with van der Waals surface area (Å²) in [7, 11) is 0. The zero-order valence-electron chi connectivity index (χ0n) is 10.8. The molecular formula is C13H12BrN3O3. The van der Waals surface area contributed by atoms with Crippen LogP contribution in [0.4, 0.5) is 5.82 Å². The number of nitrogens with one attached hydrogen (secondary N) is 2. The van der Waals surface area contributed by atoms with Crippen LogP contribution in [0.5, 0.6) is 0 Å². The lowest BCUT2D eigenvalue weighted by atomic mass is 10.1. The number of H-pyrrole nitrogens is 1. The highest BCUT2D eigenvalue weighted by Crippen LogP contribution is 2.22. The van der Waals surface area contributed by atoms with Gasteiger partial charge in [0.2, 0.25) is 0 Å². The summed E-state index contributed by atoms with van der Waals surface area (Å²) in [5, 5.41) is 11.7. The number of aryl methyl sites for hydroxylation is 1. The Labute approximate surface area is 123 Å². The molecule has 0 aliphatic heterocycles. The van der Waals surface area contributed by atoms with Crippen molar-refractivity contribution in [3.8, 4) is 0 Å². The van der Waals surface area contributed by atoms with Gasteiger partial charge >= 0.3 is 5.97 Å². The Morgan fingerprint density at radius 2 is 2.10 bits per heavy atom. The minimum Gasteiger partial charge on any atom is -0.477 e. The van der Waals surface area contributed by atoms with E-state index in [1.165, 1.54) is 0 Å². The lowest BCUT2D eigenvalue weighted by Crippen LogP contribution is -2.15. The summed E-state index contributed by atoms with van der Waals surface area (Å²) in [6, 6.07) is 3.48. The highest BCUT2D eigenvalue weighted by atomic mass is 79.9. The maximum absolute atomic E-state index is 12.3. The van der Waals surface area contributed by atoms with E-state index in [9.17, 15) is 9.59 Å². The smallest absolute Gasteiger partial charge is 0.352 e. The first kappa shape index (κ1) is 14.3. The minimum atomic E-state index is -1.09. The highest BCUT2D eigenvalue weighted by molar-refractivity contribution is 9.10. The van der Waals surface area contributed by atoms with Gasteiger partial charge in [-0.05, 0) is 47.5 Å². The van der Waals surface area contributed by atoms with Crippen LogP contribution in [0, 0.1) is 13.8 Å². The summed E-state index contributed by atoms with van der Waals surface area (Å²) in [6.45, 7) is 3.25. The molecule has 0 fully saturated rings. The highest BCUT2D eigenvalue weighted by Gasteiger charge is 2.22. The third-order valence-corrected chi connectivity index (χ3v) is 3.51. The molecule has 2 aromatic rings. The second-order valence-corrected chi connectivity index (χ2v) is 5.07. The van der Waals surface area contributed by atoms with E-state index in [-0.39, 0.29) is 5.69 Å². The number of carbonyl (C=O) groups is 2. The first-order valence-electron chi connectivity index (χ1n) is 5.76. The van der Waals surface area contributed by atoms with E-state index >= 15 is 0 Å². The van der Waals surface area contributed by atoms with Gasteiger partial charge in [0, 0.05) is 11.9 Å². The van der Waals surface area contributed by atoms with E-state index in [2.05, 4.69) is 31.2 Å². The number of nitrogens with zero attached hydrogens (tertiary/aromatic N) is 1. The van der Waals surface area contributed by atoms with Crippen molar-refractivity contribution in [2.75, 3.05) is 5.32 Å². The monoisotopic (exact) mass is 337 g/mol. The van der Waals surface area contributed by atoms with Crippen LogP contribution >= 0.6 is 15.9 Å². The average molecular weight is 338 g/mol. The largest absolute Gasteiger partial charge is 0.477 e. The van der Waals surface area contributed by atoms with Crippen molar-refractivity contribution in [1.82, 2.24) is 9.97 Å². The molecule has 0 atom stereocenters. The summed E-state index contributed by atoms with van der Waals surface area (Å²) in [4.78, 5) is 30.0. The molecule has 0 aliphatic rings. The molecule has 0 unspecified atom stereocenters. The number of anilines is 1. The Balaban J connectivity index is 2.35. The Kier molecular flexibility index (Phi) is 3.89. The van der Waals surface area contributed by atoms with Crippen molar-refractivity contribution in [2.24, 2.45) is 0 Å². The number of carbonyl (C=O) groups excluding carboxylic acids is 1. The Morgan fingerprint density at radius 3 is 2.65 bits per heavy atom. The van der Waals surface area contributed by atoms with Gasteiger partial charge in [-0.3, -0.25) is 4.79 Å². The number of rotatable bonds is 3. The number of halogens is 1. The molecule has 1 amide bonds. The van der Waals surface area contributed by atoms with Crippen LogP contribution in [-0.2, 0) is 0 Å². The van der Waals surface area contributed by atoms with Gasteiger partial charge in [-0.1, -0.05) is 0 Å². The fourth-order valence-corrected chi connectivity index (χ4v) is 2.31. The van der Waals surface area contributed by atoms with Crippen LogP contribution in [0.3, 0.4) is 0 Å². The SMILES string of the molecule is Cc1[nH]c(C(=O)O)c(C)c1C(=O)Nc1ncccc1Br. The van der Waals surface area contributed by atoms with Crippen molar-refractivity contribution in [3.05, 3.63) is 45.3 Å². The topological polar surface area (TPSA) is 95.1 Å². The molecule has 0 radical (unpaired) electrons. The van der Waals surface area contributed by atoms with Gasteiger partial charge in [0.05, 0.1) is 10.0 Å². The van der Waals surface area contributed by atoms with Gasteiger partial charge < -0.3 is 15.4 Å². The predicted octanol–water partition coefficient (Wildman–Crippen LogP) is 2.74. The van der Waals surface area contributed by atoms with Crippen LogP contribution < -0.4 is 5.32 Å². The quantitative estimate of drug-likeness (QED) is 0.802. The van der Waals surface area contributed by atoms with Crippen LogP contribution in [0.1, 0.15) is 32.1 Å². The Morgan fingerprint density at radius 1 is 1.40 bits per heavy atom. The summed E-state index contributed by atoms with van der Waals surface area (Å²) in [6.07, 6.45) is 1.56. The first-order chi connectivity index (χ1) is 9.41. The van der Waals surface area contributed by atoms with Crippen molar-refractivity contribution in [1.29, 1.82) is 0 Å². The first-order valence-corrected chi connectivity index (χ1v) is 6.55. The number of aromatic amines is 1. The molecule has 2 rings (SSSR count). The molecule has 0 spiro atoms. The van der Waals surface area contributed by atoms with E-state index < -0.39 is 11.9 Å². The molecule has 6 nitrogen and oxygen atoms in total. The number of amides is 1. The minimum absolute atomic E-state index is 0.0211. The maximum Gasteiger partial charge on any atom is 0.352 e. The van der Waals surface area contributed by atoms with Crippen molar-refractivity contribution < 1.29 is 14.7 Å². The fraction of sp³-hybridized carbons (Fsp3) is 0.154. The van der Waals surface area contributed by atoms with Crippen LogP contribution in [0.15, 0.2) is 22.8 Å². The molecule has 3 N–H and O–H groups in total. The lowest BCUT2D eigenvalue weighted by molar-refractivity contribution is 0.0690. The van der Waals surface area contributed by atoms with Crippen LogP contribution in [0.2, 0.25) is 0 Å². The van der Waals surface area contributed by atoms with Crippen LogP contribution in [0.25, 0.3) is 0 Å². The van der Waals surface area contributed by atoms with Gasteiger partial charge in [-0.2, -0.15) is 0 Å². The number of hydrogen-bond acceptors (Lipinski definition) is 3. The molecular weight excluding hydrogens is 326 g/mol. The van der Waals surface area contributed by atoms with Gasteiger partial charge in [-0.25, -0.2) is 9.78 Å². The molecule has 0 bridgehead atoms. The van der Waals surface area contributed by atoms with Crippen molar-refractivity contribution in [3.63, 3.8) is 0 Å². The van der Waals surface area contributed by atoms with E-state index in [1.54, 1.807) is 32.2 Å². The van der Waals surface area contributed by atoms with Gasteiger partial charge in [0.25, 0.3) is 5.91 Å². The van der Waals surface area contributed by atoms with E-state index in [0.29, 0.717) is 27.1 Å². The summed E-state index contributed by atoms with van der Waals surface area (Å²) < 4.78 is 0.651. The number of aromatic carboxylic acids is 1. The fourth-order valence-electron chi connectivity index (χ4n) is 1.95. The van der Waals surface area contributed by atoms with Gasteiger partial charge in [0.15, 0.2) is 0 Å². The normalized spacial score (nSPS) is 10.3. The van der Waals surface area contributed by atoms with Gasteiger partial charge in [-0.15, -0.1) is 0 Å². The third kappa shape index (κ3) is 2.57. The molecule has 2 aromatic heterocycles. The van der Waals surface area contributed by atoms with Crippen molar-refractivity contribution >= 4 is 33.6 Å². The number of hydrogen-bond donors (Lipinski definition) is 3. The van der Waals surface area contributed by atoms with Crippen molar-refractivity contribution in [2.45, 2.75) is 13.8 Å².